The molecular weight excluding hydrogens is 347 g/mol. The van der Waals surface area contributed by atoms with E-state index in [1.165, 1.54) is 35.0 Å². The van der Waals surface area contributed by atoms with E-state index < -0.39 is 12.5 Å². The van der Waals surface area contributed by atoms with Crippen LogP contribution in [0.1, 0.15) is 15.9 Å². The molecule has 0 aliphatic heterocycles. The third kappa shape index (κ3) is 4.41. The molecule has 2 aromatic carbocycles. The molecule has 8 heteroatoms. The summed E-state index contributed by atoms with van der Waals surface area (Å²) in [5, 5.41) is 6.70. The summed E-state index contributed by atoms with van der Waals surface area (Å²) in [6, 6.07) is 13.3. The second-order valence-electron chi connectivity index (χ2n) is 5.35. The van der Waals surface area contributed by atoms with Gasteiger partial charge in [-0.2, -0.15) is 13.9 Å². The maximum atomic E-state index is 13.7. The van der Waals surface area contributed by atoms with Crippen LogP contribution in [0, 0.1) is 5.82 Å². The second-order valence-corrected chi connectivity index (χ2v) is 5.35. The van der Waals surface area contributed by atoms with Crippen molar-refractivity contribution in [2.45, 2.75) is 13.2 Å². The maximum Gasteiger partial charge on any atom is 0.387 e. The van der Waals surface area contributed by atoms with E-state index in [0.717, 1.165) is 0 Å². The van der Waals surface area contributed by atoms with Gasteiger partial charge in [0.2, 0.25) is 0 Å². The fraction of sp³-hybridized carbons (Fsp3) is 0.111. The number of ether oxygens (including phenoxy) is 1. The number of hydrogen-bond acceptors (Lipinski definition) is 3. The number of amides is 1. The number of halogens is 3. The van der Waals surface area contributed by atoms with Gasteiger partial charge in [0.05, 0.1) is 6.54 Å². The average molecular weight is 361 g/mol. The fourth-order valence-corrected chi connectivity index (χ4v) is 2.32. The van der Waals surface area contributed by atoms with Crippen LogP contribution in [0.15, 0.2) is 60.8 Å². The van der Waals surface area contributed by atoms with Gasteiger partial charge >= 0.3 is 6.61 Å². The van der Waals surface area contributed by atoms with Crippen LogP contribution >= 0.6 is 0 Å². The van der Waals surface area contributed by atoms with Crippen LogP contribution in [0.5, 0.6) is 5.75 Å². The van der Waals surface area contributed by atoms with Crippen LogP contribution in [0.2, 0.25) is 0 Å². The monoisotopic (exact) mass is 361 g/mol. The lowest BCUT2D eigenvalue weighted by atomic mass is 10.2. The summed E-state index contributed by atoms with van der Waals surface area (Å²) in [5.74, 6) is -0.727. The number of anilines is 1. The van der Waals surface area contributed by atoms with E-state index in [1.807, 2.05) is 0 Å². The Bertz CT molecular complexity index is 912. The van der Waals surface area contributed by atoms with Crippen LogP contribution in [0.3, 0.4) is 0 Å². The number of carbonyl (C=O) groups is 1. The first-order valence-electron chi connectivity index (χ1n) is 7.64. The molecule has 1 N–H and O–H groups in total. The lowest BCUT2D eigenvalue weighted by Crippen LogP contribution is -2.13. The first-order chi connectivity index (χ1) is 12.5. The zero-order valence-electron chi connectivity index (χ0n) is 13.4. The molecular formula is C18H14F3N3O2. The highest BCUT2D eigenvalue weighted by Crippen LogP contribution is 2.17. The van der Waals surface area contributed by atoms with E-state index in [2.05, 4.69) is 15.2 Å². The van der Waals surface area contributed by atoms with Crippen molar-refractivity contribution in [2.24, 2.45) is 0 Å². The molecule has 1 amide bonds. The first-order valence-corrected chi connectivity index (χ1v) is 7.64. The zero-order valence-corrected chi connectivity index (χ0v) is 13.4. The minimum Gasteiger partial charge on any atom is -0.435 e. The van der Waals surface area contributed by atoms with Crippen LogP contribution in [0.4, 0.5) is 19.0 Å². The number of alkyl halides is 2. The number of hydrogen-bond donors (Lipinski definition) is 1. The summed E-state index contributed by atoms with van der Waals surface area (Å²) in [5.41, 5.74) is 0.608. The van der Waals surface area contributed by atoms with E-state index in [1.54, 1.807) is 30.5 Å². The molecule has 0 aliphatic carbocycles. The molecule has 3 rings (SSSR count). The molecule has 3 aromatic rings. The number of nitrogens with zero attached hydrogens (tertiary/aromatic N) is 2. The molecule has 0 radical (unpaired) electrons. The van der Waals surface area contributed by atoms with Gasteiger partial charge in [-0.25, -0.2) is 4.39 Å². The van der Waals surface area contributed by atoms with Crippen LogP contribution in [-0.4, -0.2) is 22.3 Å². The highest BCUT2D eigenvalue weighted by atomic mass is 19.3. The highest BCUT2D eigenvalue weighted by molar-refractivity contribution is 6.03. The van der Waals surface area contributed by atoms with Gasteiger partial charge in [-0.15, -0.1) is 0 Å². The summed E-state index contributed by atoms with van der Waals surface area (Å²) >= 11 is 0. The van der Waals surface area contributed by atoms with Crippen molar-refractivity contribution >= 4 is 11.7 Å². The minimum atomic E-state index is -2.97. The van der Waals surface area contributed by atoms with Gasteiger partial charge in [0.1, 0.15) is 11.6 Å². The predicted octanol–water partition coefficient (Wildman–Crippen LogP) is 3.92. The Hall–Kier alpha value is -3.29. The van der Waals surface area contributed by atoms with Gasteiger partial charge in [0.25, 0.3) is 5.91 Å². The van der Waals surface area contributed by atoms with Crippen molar-refractivity contribution in [3.05, 3.63) is 77.7 Å². The fourth-order valence-electron chi connectivity index (χ4n) is 2.32. The van der Waals surface area contributed by atoms with Crippen LogP contribution in [-0.2, 0) is 6.54 Å². The summed E-state index contributed by atoms with van der Waals surface area (Å²) in [7, 11) is 0. The minimum absolute atomic E-state index is 0.113. The Kier molecular flexibility index (Phi) is 5.21. The summed E-state index contributed by atoms with van der Waals surface area (Å²) in [4.78, 5) is 12.2. The highest BCUT2D eigenvalue weighted by Gasteiger charge is 2.11. The van der Waals surface area contributed by atoms with Gasteiger partial charge in [-0.1, -0.05) is 24.3 Å². The van der Waals surface area contributed by atoms with E-state index in [0.29, 0.717) is 5.56 Å². The molecule has 0 saturated heterocycles. The Balaban J connectivity index is 1.67. The number of carbonyl (C=O) groups excluding carboxylic acids is 1. The van der Waals surface area contributed by atoms with Gasteiger partial charge in [0.15, 0.2) is 5.82 Å². The van der Waals surface area contributed by atoms with Crippen molar-refractivity contribution in [3.63, 3.8) is 0 Å². The topological polar surface area (TPSA) is 56.2 Å². The predicted molar refractivity (Wildman–Crippen MR) is 88.8 cm³/mol. The van der Waals surface area contributed by atoms with Gasteiger partial charge in [-0.05, 0) is 24.3 Å². The second kappa shape index (κ2) is 7.73. The molecule has 5 nitrogen and oxygen atoms in total. The first kappa shape index (κ1) is 17.5. The standard InChI is InChI=1S/C18H14F3N3O2/c19-15-7-2-1-4-13(15)11-24-9-8-16(23-24)22-17(25)12-5-3-6-14(10-12)26-18(20)21/h1-10,18H,11H2,(H,22,23,25). The van der Waals surface area contributed by atoms with Crippen molar-refractivity contribution < 1.29 is 22.7 Å². The average Bonchev–Trinajstić information content (AvgIpc) is 3.03. The van der Waals surface area contributed by atoms with E-state index >= 15 is 0 Å². The van der Waals surface area contributed by atoms with E-state index in [4.69, 9.17) is 0 Å². The molecule has 1 heterocycles. The Labute approximate surface area is 147 Å². The van der Waals surface area contributed by atoms with E-state index in [-0.39, 0.29) is 29.5 Å². The molecule has 1 aromatic heterocycles. The Morgan fingerprint density at radius 3 is 2.73 bits per heavy atom. The Morgan fingerprint density at radius 1 is 1.15 bits per heavy atom. The van der Waals surface area contributed by atoms with Crippen LogP contribution in [0.25, 0.3) is 0 Å². The van der Waals surface area contributed by atoms with Crippen LogP contribution < -0.4 is 10.1 Å². The molecule has 0 aliphatic rings. The normalized spacial score (nSPS) is 10.8. The number of aromatic nitrogens is 2. The summed E-state index contributed by atoms with van der Waals surface area (Å²) in [6.45, 7) is -2.76. The van der Waals surface area contributed by atoms with Crippen molar-refractivity contribution in [3.8, 4) is 5.75 Å². The largest absolute Gasteiger partial charge is 0.435 e. The Morgan fingerprint density at radius 2 is 1.96 bits per heavy atom. The third-order valence-corrected chi connectivity index (χ3v) is 3.49. The maximum absolute atomic E-state index is 13.7. The number of benzene rings is 2. The quantitative estimate of drug-likeness (QED) is 0.724. The molecule has 0 saturated carbocycles. The molecule has 0 bridgehead atoms. The smallest absolute Gasteiger partial charge is 0.387 e. The SMILES string of the molecule is O=C(Nc1ccn(Cc2ccccc2F)n1)c1cccc(OC(F)F)c1. The number of rotatable bonds is 6. The molecule has 134 valence electrons. The van der Waals surface area contributed by atoms with Crippen molar-refractivity contribution in [1.29, 1.82) is 0 Å². The molecule has 0 atom stereocenters. The zero-order chi connectivity index (χ0) is 18.5. The molecule has 0 unspecified atom stereocenters. The lowest BCUT2D eigenvalue weighted by molar-refractivity contribution is -0.0498. The summed E-state index contributed by atoms with van der Waals surface area (Å²) in [6.07, 6.45) is 1.60. The van der Waals surface area contributed by atoms with E-state index in [9.17, 15) is 18.0 Å². The third-order valence-electron chi connectivity index (χ3n) is 3.49. The number of nitrogens with one attached hydrogen (secondary N) is 1. The molecule has 0 spiro atoms. The molecule has 26 heavy (non-hydrogen) atoms. The van der Waals surface area contributed by atoms with Crippen molar-refractivity contribution in [2.75, 3.05) is 5.32 Å². The molecule has 0 fully saturated rings. The van der Waals surface area contributed by atoms with Gasteiger partial charge in [-0.3, -0.25) is 9.48 Å². The van der Waals surface area contributed by atoms with Gasteiger partial charge in [0, 0.05) is 23.4 Å². The van der Waals surface area contributed by atoms with Gasteiger partial charge < -0.3 is 10.1 Å². The summed E-state index contributed by atoms with van der Waals surface area (Å²) < 4.78 is 43.9. The van der Waals surface area contributed by atoms with Crippen molar-refractivity contribution in [1.82, 2.24) is 9.78 Å². The lowest BCUT2D eigenvalue weighted by Gasteiger charge is -2.07.